The van der Waals surface area contributed by atoms with E-state index in [1.807, 2.05) is 18.2 Å². The fraction of sp³-hybridized carbons (Fsp3) is 0.500. The second-order valence-corrected chi connectivity index (χ2v) is 8.14. The van der Waals surface area contributed by atoms with Crippen LogP contribution >= 0.6 is 27.7 Å². The number of nitrogens with one attached hydrogen (secondary N) is 1. The van der Waals surface area contributed by atoms with Gasteiger partial charge in [0.25, 0.3) is 5.91 Å². The molecule has 0 fully saturated rings. The summed E-state index contributed by atoms with van der Waals surface area (Å²) in [4.78, 5) is 17.5. The van der Waals surface area contributed by atoms with Crippen LogP contribution in [0, 0.1) is 0 Å². The molecule has 1 amide bonds. The van der Waals surface area contributed by atoms with Crippen molar-refractivity contribution in [2.45, 2.75) is 52.1 Å². The van der Waals surface area contributed by atoms with Crippen molar-refractivity contribution in [1.29, 1.82) is 0 Å². The van der Waals surface area contributed by atoms with Gasteiger partial charge in [-0.1, -0.05) is 60.8 Å². The minimum Gasteiger partial charge on any atom is -0.298 e. The molecule has 0 bridgehead atoms. The van der Waals surface area contributed by atoms with Crippen molar-refractivity contribution >= 4 is 44.5 Å². The molecule has 7 heteroatoms. The van der Waals surface area contributed by atoms with Gasteiger partial charge in [0.15, 0.2) is 5.17 Å². The maximum absolute atomic E-state index is 12.8. The van der Waals surface area contributed by atoms with E-state index in [2.05, 4.69) is 40.2 Å². The number of nitrogens with zero attached hydrogens (tertiary/aromatic N) is 3. The van der Waals surface area contributed by atoms with Crippen molar-refractivity contribution < 1.29 is 4.79 Å². The summed E-state index contributed by atoms with van der Waals surface area (Å²) in [6, 6.07) is 5.83. The van der Waals surface area contributed by atoms with Gasteiger partial charge in [-0.15, -0.1) is 5.10 Å². The number of unbranched alkanes of at least 4 members (excludes halogenated alkanes) is 3. The lowest BCUT2D eigenvalue weighted by Crippen LogP contribution is -2.52. The van der Waals surface area contributed by atoms with Gasteiger partial charge in [0.05, 0.1) is 5.36 Å². The molecule has 1 aromatic rings. The third kappa shape index (κ3) is 4.08. The van der Waals surface area contributed by atoms with Crippen molar-refractivity contribution in [3.63, 3.8) is 0 Å². The summed E-state index contributed by atoms with van der Waals surface area (Å²) in [5, 5.41) is 11.8. The molecule has 0 saturated heterocycles. The summed E-state index contributed by atoms with van der Waals surface area (Å²) in [5.74, 6) is 0.872. The van der Waals surface area contributed by atoms with Gasteiger partial charge in [-0.2, -0.15) is 0 Å². The van der Waals surface area contributed by atoms with E-state index in [1.165, 1.54) is 19.3 Å². The highest BCUT2D eigenvalue weighted by Crippen LogP contribution is 2.22. The van der Waals surface area contributed by atoms with Gasteiger partial charge >= 0.3 is 0 Å². The zero-order chi connectivity index (χ0) is 17.8. The maximum Gasteiger partial charge on any atom is 0.276 e. The highest BCUT2D eigenvalue weighted by Gasteiger charge is 2.32. The molecule has 0 spiro atoms. The number of amides is 1. The average Bonchev–Trinajstić information content (AvgIpc) is 2.60. The predicted molar refractivity (Wildman–Crippen MR) is 106 cm³/mol. The Hall–Kier alpha value is -1.34. The first-order valence-corrected chi connectivity index (χ1v) is 10.6. The molecule has 0 saturated carbocycles. The molecule has 1 atom stereocenters. The van der Waals surface area contributed by atoms with Crippen molar-refractivity contribution in [1.82, 2.24) is 10.3 Å². The van der Waals surface area contributed by atoms with E-state index < -0.39 is 0 Å². The molecule has 2 heterocycles. The Morgan fingerprint density at radius 2 is 2.12 bits per heavy atom. The first-order valence-electron chi connectivity index (χ1n) is 8.83. The lowest BCUT2D eigenvalue weighted by molar-refractivity contribution is -0.116. The van der Waals surface area contributed by atoms with Crippen LogP contribution in [0.1, 0.15) is 46.0 Å². The zero-order valence-corrected chi connectivity index (χ0v) is 17.0. The monoisotopic (exact) mass is 422 g/mol. The summed E-state index contributed by atoms with van der Waals surface area (Å²) in [6.07, 6.45) is 5.51. The van der Waals surface area contributed by atoms with Gasteiger partial charge in [-0.3, -0.25) is 15.1 Å². The third-order valence-electron chi connectivity index (χ3n) is 4.25. The van der Waals surface area contributed by atoms with Crippen LogP contribution in [0.5, 0.6) is 0 Å². The lowest BCUT2D eigenvalue weighted by atomic mass is 10.1. The van der Waals surface area contributed by atoms with Gasteiger partial charge in [-0.05, 0) is 31.0 Å². The number of rotatable bonds is 6. The molecule has 1 aromatic carbocycles. The molecular formula is C18H23BrN4OS. The number of thioether (sulfide) groups is 1. The van der Waals surface area contributed by atoms with Crippen LogP contribution in [0.25, 0.3) is 5.70 Å². The standard InChI is InChI=1S/C18H23BrN4OS/c1-3-5-6-7-10-25-18-21-17(24)16-13-11-12(19)8-9-14(13)20-15(4-2)23(16)22-18/h8-9,11,15H,3-7,10H2,1-2H3,(H,21,22,24). The Kier molecular flexibility index (Phi) is 6.17. The van der Waals surface area contributed by atoms with E-state index in [4.69, 9.17) is 4.99 Å². The molecule has 0 aliphatic carbocycles. The summed E-state index contributed by atoms with van der Waals surface area (Å²) in [6.45, 7) is 4.27. The van der Waals surface area contributed by atoms with Crippen molar-refractivity contribution in [2.75, 3.05) is 5.75 Å². The number of halogens is 1. The van der Waals surface area contributed by atoms with Gasteiger partial charge in [0.2, 0.25) is 0 Å². The van der Waals surface area contributed by atoms with E-state index in [0.717, 1.165) is 33.6 Å². The van der Waals surface area contributed by atoms with Crippen LogP contribution in [0.4, 0.5) is 0 Å². The van der Waals surface area contributed by atoms with E-state index >= 15 is 0 Å². The van der Waals surface area contributed by atoms with Crippen molar-refractivity contribution in [3.8, 4) is 0 Å². The second-order valence-electron chi connectivity index (χ2n) is 6.14. The van der Waals surface area contributed by atoms with Crippen LogP contribution in [0.2, 0.25) is 0 Å². The molecule has 2 aliphatic rings. The number of hydrazone groups is 1. The Bertz CT molecular complexity index is 808. The number of amidine groups is 1. The number of fused-ring (bicyclic) bond motifs is 2. The summed E-state index contributed by atoms with van der Waals surface area (Å²) < 4.78 is 0.928. The lowest BCUT2D eigenvalue weighted by Gasteiger charge is -2.33. The fourth-order valence-electron chi connectivity index (χ4n) is 2.95. The van der Waals surface area contributed by atoms with Gasteiger partial charge in [0, 0.05) is 15.4 Å². The summed E-state index contributed by atoms with van der Waals surface area (Å²) in [7, 11) is 0. The SMILES string of the molecule is CCCCCCSC1=NN2C(=c3cc(Br)ccc3=NC2CC)C(=O)N1. The minimum absolute atomic E-state index is 0.0984. The Morgan fingerprint density at radius 1 is 1.28 bits per heavy atom. The van der Waals surface area contributed by atoms with Crippen molar-refractivity contribution in [2.24, 2.45) is 10.1 Å². The van der Waals surface area contributed by atoms with Gasteiger partial charge < -0.3 is 0 Å². The highest BCUT2D eigenvalue weighted by atomic mass is 79.9. The molecule has 5 nitrogen and oxygen atoms in total. The van der Waals surface area contributed by atoms with E-state index in [-0.39, 0.29) is 12.1 Å². The quantitative estimate of drug-likeness (QED) is 0.716. The first-order chi connectivity index (χ1) is 12.1. The van der Waals surface area contributed by atoms with E-state index in [9.17, 15) is 4.79 Å². The van der Waals surface area contributed by atoms with E-state index in [0.29, 0.717) is 10.9 Å². The van der Waals surface area contributed by atoms with Crippen LogP contribution in [-0.4, -0.2) is 28.0 Å². The first kappa shape index (κ1) is 18.5. The average molecular weight is 423 g/mol. The van der Waals surface area contributed by atoms with Gasteiger partial charge in [-0.25, -0.2) is 5.01 Å². The van der Waals surface area contributed by atoms with Gasteiger partial charge in [0.1, 0.15) is 11.9 Å². The molecule has 0 radical (unpaired) electrons. The van der Waals surface area contributed by atoms with Crippen LogP contribution in [-0.2, 0) is 4.79 Å². The van der Waals surface area contributed by atoms with Crippen LogP contribution in [0.15, 0.2) is 32.8 Å². The van der Waals surface area contributed by atoms with Crippen molar-refractivity contribution in [3.05, 3.63) is 33.2 Å². The molecule has 134 valence electrons. The molecule has 25 heavy (non-hydrogen) atoms. The molecule has 1 unspecified atom stereocenters. The fourth-order valence-corrected chi connectivity index (χ4v) is 4.16. The normalized spacial score (nSPS) is 18.9. The Labute approximate surface area is 160 Å². The molecule has 3 rings (SSSR count). The van der Waals surface area contributed by atoms with Crippen LogP contribution in [0.3, 0.4) is 0 Å². The summed E-state index contributed by atoms with van der Waals surface area (Å²) >= 11 is 5.10. The smallest absolute Gasteiger partial charge is 0.276 e. The summed E-state index contributed by atoms with van der Waals surface area (Å²) in [5.41, 5.74) is 0.591. The minimum atomic E-state index is -0.134. The zero-order valence-electron chi connectivity index (χ0n) is 14.6. The Balaban J connectivity index is 1.88. The number of hydrogen-bond donors (Lipinski definition) is 1. The predicted octanol–water partition coefficient (Wildman–Crippen LogP) is 2.94. The second kappa shape index (κ2) is 8.36. The largest absolute Gasteiger partial charge is 0.298 e. The number of hydrogen-bond acceptors (Lipinski definition) is 5. The number of carbonyl (C=O) groups excluding carboxylic acids is 1. The van der Waals surface area contributed by atoms with Crippen LogP contribution < -0.4 is 15.9 Å². The molecule has 2 aliphatic heterocycles. The highest BCUT2D eigenvalue weighted by molar-refractivity contribution is 9.10. The Morgan fingerprint density at radius 3 is 2.88 bits per heavy atom. The topological polar surface area (TPSA) is 57.1 Å². The molecule has 1 N–H and O–H groups in total. The number of carbonyl (C=O) groups is 1. The number of benzene rings is 1. The maximum atomic E-state index is 12.8. The molecular weight excluding hydrogens is 400 g/mol. The third-order valence-corrected chi connectivity index (χ3v) is 5.69. The molecule has 0 aromatic heterocycles. The van der Waals surface area contributed by atoms with E-state index in [1.54, 1.807) is 16.8 Å².